The van der Waals surface area contributed by atoms with Gasteiger partial charge >= 0.3 is 5.97 Å². The third-order valence-electron chi connectivity index (χ3n) is 8.46. The fourth-order valence-corrected chi connectivity index (χ4v) is 7.27. The van der Waals surface area contributed by atoms with Crippen molar-refractivity contribution in [2.75, 3.05) is 13.2 Å². The Balaban J connectivity index is 1.37. The third-order valence-corrected chi connectivity index (χ3v) is 8.46. The van der Waals surface area contributed by atoms with Gasteiger partial charge in [0.05, 0.1) is 18.8 Å². The second kappa shape index (κ2) is 8.62. The normalized spacial score (nSPS) is 38.0. The van der Waals surface area contributed by atoms with Crippen molar-refractivity contribution in [3.05, 3.63) is 36.6 Å². The second-order valence-corrected chi connectivity index (χ2v) is 10.2. The first kappa shape index (κ1) is 21.6. The van der Waals surface area contributed by atoms with Crippen LogP contribution < -0.4 is 0 Å². The molecule has 6 heteroatoms. The van der Waals surface area contributed by atoms with Gasteiger partial charge in [-0.2, -0.15) is 0 Å². The number of hydrogen-bond acceptors (Lipinski definition) is 5. The summed E-state index contributed by atoms with van der Waals surface area (Å²) < 4.78 is 5.15. The van der Waals surface area contributed by atoms with E-state index < -0.39 is 5.97 Å². The lowest BCUT2D eigenvalue weighted by atomic mass is 9.85. The highest BCUT2D eigenvalue weighted by Crippen LogP contribution is 2.56. The summed E-state index contributed by atoms with van der Waals surface area (Å²) in [4.78, 5) is 35.0. The Morgan fingerprint density at radius 3 is 2.47 bits per heavy atom. The molecule has 3 aliphatic heterocycles. The number of carbonyl (C=O) groups is 2. The highest BCUT2D eigenvalue weighted by atomic mass is 16.5. The summed E-state index contributed by atoms with van der Waals surface area (Å²) in [7, 11) is 0. The fraction of sp³-hybridized carbons (Fsp3) is 0.654. The largest absolute Gasteiger partial charge is 0.461 e. The molecule has 0 spiro atoms. The molecule has 3 atom stereocenters. The maximum Gasteiger partial charge on any atom is 0.362 e. The predicted octanol–water partition coefficient (Wildman–Crippen LogP) is 3.79. The van der Waals surface area contributed by atoms with Crippen LogP contribution in [-0.2, 0) is 14.3 Å². The first-order valence-corrected chi connectivity index (χ1v) is 12.4. The van der Waals surface area contributed by atoms with E-state index in [1.54, 1.807) is 13.0 Å². The van der Waals surface area contributed by atoms with Gasteiger partial charge in [0.2, 0.25) is 5.71 Å². The van der Waals surface area contributed by atoms with Gasteiger partial charge in [-0.3, -0.25) is 9.69 Å². The maximum atomic E-state index is 13.3. The molecule has 5 aliphatic rings. The summed E-state index contributed by atoms with van der Waals surface area (Å²) in [6.45, 7) is 6.11. The molecule has 2 saturated carbocycles. The average Bonchev–Trinajstić information content (AvgIpc) is 3.47. The van der Waals surface area contributed by atoms with Crippen LogP contribution in [0.3, 0.4) is 0 Å². The number of piperidine rings is 1. The molecule has 4 bridgehead atoms. The molecular formula is C26H35N3O3. The molecule has 0 N–H and O–H groups in total. The summed E-state index contributed by atoms with van der Waals surface area (Å²) in [5.74, 6) is 0.0459. The van der Waals surface area contributed by atoms with Gasteiger partial charge in [0.15, 0.2) is 0 Å². The molecule has 172 valence electrons. The first-order valence-electron chi connectivity index (χ1n) is 12.4. The van der Waals surface area contributed by atoms with Crippen LogP contribution in [0.5, 0.6) is 0 Å². The molecule has 6 nitrogen and oxygen atoms in total. The van der Waals surface area contributed by atoms with Crippen LogP contribution in [0.1, 0.15) is 64.7 Å². The minimum absolute atomic E-state index is 0.0841. The van der Waals surface area contributed by atoms with Crippen molar-refractivity contribution < 1.29 is 14.3 Å². The molecule has 2 saturated heterocycles. The Morgan fingerprint density at radius 2 is 1.88 bits per heavy atom. The Labute approximate surface area is 191 Å². The molecule has 32 heavy (non-hydrogen) atoms. The zero-order valence-corrected chi connectivity index (χ0v) is 19.2. The fourth-order valence-electron chi connectivity index (χ4n) is 7.27. The molecule has 0 aromatic rings. The molecule has 0 radical (unpaired) electrons. The molecule has 5 rings (SSSR count). The summed E-state index contributed by atoms with van der Waals surface area (Å²) in [5, 5.41) is 0. The van der Waals surface area contributed by atoms with Crippen LogP contribution in [0, 0.1) is 5.92 Å². The zero-order valence-electron chi connectivity index (χ0n) is 19.2. The second-order valence-electron chi connectivity index (χ2n) is 10.2. The van der Waals surface area contributed by atoms with Crippen molar-refractivity contribution in [1.29, 1.82) is 0 Å². The smallest absolute Gasteiger partial charge is 0.362 e. The van der Waals surface area contributed by atoms with Gasteiger partial charge in [-0.25, -0.2) is 9.79 Å². The minimum Gasteiger partial charge on any atom is -0.461 e. The van der Waals surface area contributed by atoms with Gasteiger partial charge < -0.3 is 9.64 Å². The van der Waals surface area contributed by atoms with Crippen molar-refractivity contribution >= 4 is 17.6 Å². The molecule has 4 fully saturated rings. The summed E-state index contributed by atoms with van der Waals surface area (Å²) in [6.07, 6.45) is 18.6. The average molecular weight is 438 g/mol. The Hall–Kier alpha value is -2.21. The lowest BCUT2D eigenvalue weighted by Gasteiger charge is -2.51. The molecule has 2 aliphatic carbocycles. The number of carbonyl (C=O) groups excluding carboxylic acids is 2. The molecule has 0 aromatic carbocycles. The van der Waals surface area contributed by atoms with E-state index in [2.05, 4.69) is 16.5 Å². The standard InChI is InChI=1S/C26H35N3O3/c1-3-5-6-7-19-17-28(24(30)23(27-19)25(31)32-4-2)22-14-20-8-9-21(15-22)29(20)26-12-10-18(16-26)11-13-26/h3,5-7,18,20-22H,1,4,8-17H2,2H3/b6-5-,19-7+/t18?,20-,21+,22+,26?. The number of rotatable bonds is 6. The third kappa shape index (κ3) is 3.66. The Bertz CT molecular complexity index is 867. The van der Waals surface area contributed by atoms with Crippen LogP contribution in [0.15, 0.2) is 41.6 Å². The van der Waals surface area contributed by atoms with E-state index in [1.165, 1.54) is 44.9 Å². The highest BCUT2D eigenvalue weighted by Gasteiger charge is 2.56. The lowest BCUT2D eigenvalue weighted by molar-refractivity contribution is -0.138. The van der Waals surface area contributed by atoms with E-state index in [9.17, 15) is 9.59 Å². The van der Waals surface area contributed by atoms with E-state index in [4.69, 9.17) is 4.74 Å². The number of esters is 1. The van der Waals surface area contributed by atoms with Gasteiger partial charge in [0, 0.05) is 23.7 Å². The molecular weight excluding hydrogens is 402 g/mol. The van der Waals surface area contributed by atoms with E-state index in [0.717, 1.165) is 18.8 Å². The number of ether oxygens (including phenoxy) is 1. The Morgan fingerprint density at radius 1 is 1.16 bits per heavy atom. The van der Waals surface area contributed by atoms with Crippen molar-refractivity contribution in [3.8, 4) is 0 Å². The summed E-state index contributed by atoms with van der Waals surface area (Å²) >= 11 is 0. The van der Waals surface area contributed by atoms with E-state index >= 15 is 0 Å². The Kier molecular flexibility index (Phi) is 5.82. The quantitative estimate of drug-likeness (QED) is 0.469. The van der Waals surface area contributed by atoms with Crippen LogP contribution in [0.25, 0.3) is 0 Å². The molecule has 0 unspecified atom stereocenters. The molecule has 3 heterocycles. The van der Waals surface area contributed by atoms with Crippen molar-refractivity contribution in [2.24, 2.45) is 10.9 Å². The number of allylic oxidation sites excluding steroid dienone is 4. The molecule has 0 aromatic heterocycles. The number of nitrogens with zero attached hydrogens (tertiary/aromatic N) is 3. The van der Waals surface area contributed by atoms with Gasteiger partial charge in [-0.15, -0.1) is 0 Å². The van der Waals surface area contributed by atoms with Gasteiger partial charge in [0.25, 0.3) is 5.91 Å². The lowest BCUT2D eigenvalue weighted by Crippen LogP contribution is -2.60. The number of aliphatic imine (C=N–C) groups is 1. The summed E-state index contributed by atoms with van der Waals surface area (Å²) in [5.41, 5.74) is 1.07. The molecule has 1 amide bonds. The predicted molar refractivity (Wildman–Crippen MR) is 124 cm³/mol. The number of amides is 1. The van der Waals surface area contributed by atoms with Crippen molar-refractivity contribution in [1.82, 2.24) is 9.80 Å². The van der Waals surface area contributed by atoms with Crippen LogP contribution in [0.2, 0.25) is 0 Å². The first-order chi connectivity index (χ1) is 15.5. The van der Waals surface area contributed by atoms with E-state index in [1.807, 2.05) is 23.1 Å². The monoisotopic (exact) mass is 437 g/mol. The van der Waals surface area contributed by atoms with Crippen molar-refractivity contribution in [3.63, 3.8) is 0 Å². The number of hydrogen-bond donors (Lipinski definition) is 0. The maximum absolute atomic E-state index is 13.3. The van der Waals surface area contributed by atoms with E-state index in [0.29, 0.717) is 29.9 Å². The SMILES string of the molecule is C=C/C=C\C=C1/CN([C@H]2C[C@H]3CC[C@@H](C2)N3C23CCC(CC2)C3)C(=O)C(C(=O)OCC)=N1. The van der Waals surface area contributed by atoms with Gasteiger partial charge in [-0.1, -0.05) is 24.8 Å². The highest BCUT2D eigenvalue weighted by molar-refractivity contribution is 6.64. The topological polar surface area (TPSA) is 62.2 Å². The van der Waals surface area contributed by atoms with Gasteiger partial charge in [0.1, 0.15) is 0 Å². The van der Waals surface area contributed by atoms with Crippen LogP contribution in [0.4, 0.5) is 0 Å². The minimum atomic E-state index is -0.622. The van der Waals surface area contributed by atoms with Gasteiger partial charge in [-0.05, 0) is 76.7 Å². The number of fused-ring (bicyclic) bond motifs is 5. The zero-order chi connectivity index (χ0) is 22.3. The van der Waals surface area contributed by atoms with Crippen LogP contribution >= 0.6 is 0 Å². The van der Waals surface area contributed by atoms with E-state index in [-0.39, 0.29) is 24.3 Å². The summed E-state index contributed by atoms with van der Waals surface area (Å²) in [6, 6.07) is 1.26. The van der Waals surface area contributed by atoms with Crippen molar-refractivity contribution in [2.45, 2.75) is 88.4 Å². The van der Waals surface area contributed by atoms with Crippen LogP contribution in [-0.4, -0.2) is 64.2 Å².